The molecule has 2 aromatic carbocycles. The van der Waals surface area contributed by atoms with E-state index in [4.69, 9.17) is 4.74 Å². The Kier molecular flexibility index (Phi) is 5.06. The van der Waals surface area contributed by atoms with Crippen LogP contribution >= 0.6 is 0 Å². The van der Waals surface area contributed by atoms with E-state index in [0.717, 1.165) is 16.5 Å². The first-order chi connectivity index (χ1) is 10.5. The minimum Gasteiger partial charge on any atom is -0.480 e. The number of benzene rings is 2. The molecule has 0 fully saturated rings. The molecule has 0 atom stereocenters. The van der Waals surface area contributed by atoms with Crippen LogP contribution < -0.4 is 10.1 Å². The van der Waals surface area contributed by atoms with Crippen LogP contribution in [0.3, 0.4) is 0 Å². The molecule has 22 heavy (non-hydrogen) atoms. The van der Waals surface area contributed by atoms with Crippen LogP contribution in [-0.4, -0.2) is 19.1 Å². The van der Waals surface area contributed by atoms with E-state index in [1.807, 2.05) is 51.1 Å². The Bertz CT molecular complexity index is 712. The van der Waals surface area contributed by atoms with Crippen LogP contribution in [0.2, 0.25) is 0 Å². The minimum atomic E-state index is -0.388. The number of carbonyl (C=O) groups excluding carboxylic acids is 1. The zero-order valence-corrected chi connectivity index (χ0v) is 13.3. The normalized spacial score (nSPS) is 10.7. The van der Waals surface area contributed by atoms with Crippen LogP contribution in [0.1, 0.15) is 20.8 Å². The Labute approximate surface area is 131 Å². The first kappa shape index (κ1) is 15.9. The molecule has 0 unspecified atom stereocenters. The van der Waals surface area contributed by atoms with Gasteiger partial charge in [-0.05, 0) is 11.5 Å². The van der Waals surface area contributed by atoms with E-state index in [0.29, 0.717) is 13.2 Å². The molecule has 1 amide bonds. The summed E-state index contributed by atoms with van der Waals surface area (Å²) in [5, 5.41) is 5.00. The average molecular weight is 295 g/mol. The summed E-state index contributed by atoms with van der Waals surface area (Å²) in [6, 6.07) is 14.0. The van der Waals surface area contributed by atoms with E-state index in [-0.39, 0.29) is 11.3 Å². The maximum atomic E-state index is 11.7. The second-order valence-electron chi connectivity index (χ2n) is 6.05. The molecule has 0 aromatic heterocycles. The summed E-state index contributed by atoms with van der Waals surface area (Å²) in [5.41, 5.74) is -0.388. The lowest BCUT2D eigenvalue weighted by molar-refractivity contribution is -0.128. The summed E-state index contributed by atoms with van der Waals surface area (Å²) in [5.74, 6) is 6.64. The van der Waals surface area contributed by atoms with Gasteiger partial charge in [0.05, 0.1) is 6.54 Å². The molecule has 0 radical (unpaired) electrons. The number of rotatable bonds is 3. The van der Waals surface area contributed by atoms with Crippen LogP contribution in [0.15, 0.2) is 42.5 Å². The highest BCUT2D eigenvalue weighted by atomic mass is 16.5. The first-order valence-corrected chi connectivity index (χ1v) is 7.33. The fourth-order valence-electron chi connectivity index (χ4n) is 1.94. The van der Waals surface area contributed by atoms with Crippen LogP contribution in [0.4, 0.5) is 0 Å². The monoisotopic (exact) mass is 295 g/mol. The van der Waals surface area contributed by atoms with E-state index in [1.165, 1.54) is 0 Å². The lowest BCUT2D eigenvalue weighted by atomic mass is 9.96. The predicted molar refractivity (Wildman–Crippen MR) is 89.7 cm³/mol. The fourth-order valence-corrected chi connectivity index (χ4v) is 1.94. The fraction of sp³-hybridized carbons (Fsp3) is 0.316. The molecule has 3 heteroatoms. The van der Waals surface area contributed by atoms with Gasteiger partial charge in [-0.25, -0.2) is 0 Å². The van der Waals surface area contributed by atoms with Gasteiger partial charge in [-0.2, -0.15) is 0 Å². The van der Waals surface area contributed by atoms with Crippen molar-refractivity contribution in [3.05, 3.63) is 42.5 Å². The number of nitrogens with one attached hydrogen (secondary N) is 1. The maximum Gasteiger partial charge on any atom is 0.226 e. The molecule has 0 saturated heterocycles. The highest BCUT2D eigenvalue weighted by Crippen LogP contribution is 2.24. The molecule has 0 aliphatic rings. The zero-order chi connectivity index (χ0) is 16.0. The number of fused-ring (bicyclic) bond motifs is 1. The topological polar surface area (TPSA) is 38.3 Å². The van der Waals surface area contributed by atoms with Crippen LogP contribution in [-0.2, 0) is 4.79 Å². The molecule has 0 heterocycles. The van der Waals surface area contributed by atoms with Crippen molar-refractivity contribution in [2.75, 3.05) is 13.2 Å². The number of hydrogen-bond donors (Lipinski definition) is 1. The molecule has 114 valence electrons. The summed E-state index contributed by atoms with van der Waals surface area (Å²) in [4.78, 5) is 11.7. The second-order valence-corrected chi connectivity index (χ2v) is 6.05. The SMILES string of the molecule is CC(C)(C)C(=O)NCC#CCOc1cccc2ccccc12. The van der Waals surface area contributed by atoms with Gasteiger partial charge in [-0.1, -0.05) is 69.0 Å². The van der Waals surface area contributed by atoms with E-state index < -0.39 is 0 Å². The van der Waals surface area contributed by atoms with Crippen molar-refractivity contribution in [1.82, 2.24) is 5.32 Å². The molecule has 2 rings (SSSR count). The van der Waals surface area contributed by atoms with Gasteiger partial charge in [0, 0.05) is 10.8 Å². The largest absolute Gasteiger partial charge is 0.480 e. The molecule has 0 aliphatic heterocycles. The van der Waals surface area contributed by atoms with Gasteiger partial charge in [0.15, 0.2) is 0 Å². The van der Waals surface area contributed by atoms with Gasteiger partial charge in [0.1, 0.15) is 12.4 Å². The summed E-state index contributed by atoms with van der Waals surface area (Å²) < 4.78 is 5.71. The highest BCUT2D eigenvalue weighted by molar-refractivity contribution is 5.88. The van der Waals surface area contributed by atoms with Gasteiger partial charge >= 0.3 is 0 Å². The lowest BCUT2D eigenvalue weighted by Crippen LogP contribution is -2.34. The molecule has 0 bridgehead atoms. The maximum absolute atomic E-state index is 11.7. The van der Waals surface area contributed by atoms with Crippen molar-refractivity contribution in [1.29, 1.82) is 0 Å². The van der Waals surface area contributed by atoms with E-state index in [2.05, 4.69) is 29.3 Å². The van der Waals surface area contributed by atoms with E-state index >= 15 is 0 Å². The highest BCUT2D eigenvalue weighted by Gasteiger charge is 2.19. The van der Waals surface area contributed by atoms with E-state index in [9.17, 15) is 4.79 Å². The lowest BCUT2D eigenvalue weighted by Gasteiger charge is -2.16. The Morgan fingerprint density at radius 2 is 1.82 bits per heavy atom. The van der Waals surface area contributed by atoms with Crippen molar-refractivity contribution in [2.24, 2.45) is 5.41 Å². The first-order valence-electron chi connectivity index (χ1n) is 7.33. The minimum absolute atomic E-state index is 0.00299. The van der Waals surface area contributed by atoms with Crippen molar-refractivity contribution < 1.29 is 9.53 Å². The zero-order valence-electron chi connectivity index (χ0n) is 13.3. The number of hydrogen-bond acceptors (Lipinski definition) is 2. The van der Waals surface area contributed by atoms with Crippen LogP contribution in [0.5, 0.6) is 5.75 Å². The van der Waals surface area contributed by atoms with Gasteiger partial charge in [0.2, 0.25) is 5.91 Å². The molecular weight excluding hydrogens is 274 g/mol. The average Bonchev–Trinajstić information content (AvgIpc) is 2.49. The van der Waals surface area contributed by atoms with Crippen LogP contribution in [0, 0.1) is 17.3 Å². The Hall–Kier alpha value is -2.47. The van der Waals surface area contributed by atoms with Crippen LogP contribution in [0.25, 0.3) is 10.8 Å². The van der Waals surface area contributed by atoms with Crippen molar-refractivity contribution in [3.63, 3.8) is 0 Å². The molecular formula is C19H21NO2. The smallest absolute Gasteiger partial charge is 0.226 e. The molecule has 0 aliphatic carbocycles. The summed E-state index contributed by atoms with van der Waals surface area (Å²) in [6.45, 7) is 6.27. The molecule has 3 nitrogen and oxygen atoms in total. The Morgan fingerprint density at radius 3 is 2.59 bits per heavy atom. The third-order valence-electron chi connectivity index (χ3n) is 3.19. The molecule has 0 saturated carbocycles. The summed E-state index contributed by atoms with van der Waals surface area (Å²) in [6.07, 6.45) is 0. The van der Waals surface area contributed by atoms with Gasteiger partial charge < -0.3 is 10.1 Å². The van der Waals surface area contributed by atoms with Gasteiger partial charge in [-0.3, -0.25) is 4.79 Å². The van der Waals surface area contributed by atoms with Crippen molar-refractivity contribution >= 4 is 16.7 Å². The Morgan fingerprint density at radius 1 is 1.09 bits per heavy atom. The Balaban J connectivity index is 1.87. The third kappa shape index (κ3) is 4.26. The quantitative estimate of drug-likeness (QED) is 0.882. The van der Waals surface area contributed by atoms with Crippen molar-refractivity contribution in [3.8, 4) is 17.6 Å². The number of amides is 1. The van der Waals surface area contributed by atoms with E-state index in [1.54, 1.807) is 0 Å². The molecule has 0 spiro atoms. The second kappa shape index (κ2) is 7.00. The molecule has 1 N–H and O–H groups in total. The molecule has 2 aromatic rings. The summed E-state index contributed by atoms with van der Waals surface area (Å²) in [7, 11) is 0. The predicted octanol–water partition coefficient (Wildman–Crippen LogP) is 3.38. The number of ether oxygens (including phenoxy) is 1. The third-order valence-corrected chi connectivity index (χ3v) is 3.19. The van der Waals surface area contributed by atoms with Crippen molar-refractivity contribution in [2.45, 2.75) is 20.8 Å². The summed E-state index contributed by atoms with van der Waals surface area (Å²) >= 11 is 0. The standard InChI is InChI=1S/C19H21NO2/c1-19(2,3)18(21)20-13-6-7-14-22-17-12-8-10-15-9-4-5-11-16(15)17/h4-5,8-12H,13-14H2,1-3H3,(H,20,21). The number of carbonyl (C=O) groups is 1. The van der Waals surface area contributed by atoms with Gasteiger partial charge in [0.25, 0.3) is 0 Å². The van der Waals surface area contributed by atoms with Gasteiger partial charge in [-0.15, -0.1) is 0 Å².